The number of anilines is 1. The summed E-state index contributed by atoms with van der Waals surface area (Å²) in [4.78, 5) is 32.7. The minimum absolute atomic E-state index is 0.0226. The lowest BCUT2D eigenvalue weighted by molar-refractivity contribution is -0.152. The Bertz CT molecular complexity index is 1010. The van der Waals surface area contributed by atoms with Crippen molar-refractivity contribution in [2.24, 2.45) is 0 Å². The zero-order valence-electron chi connectivity index (χ0n) is 15.0. The Hall–Kier alpha value is -3.57. The average molecular weight is 392 g/mol. The normalized spacial score (nSPS) is 11.3. The van der Waals surface area contributed by atoms with Crippen LogP contribution in [0.1, 0.15) is 18.2 Å². The van der Waals surface area contributed by atoms with Gasteiger partial charge in [0.2, 0.25) is 0 Å². The largest absolute Gasteiger partial charge is 0.452 e. The maximum atomic E-state index is 12.2. The fourth-order valence-electron chi connectivity index (χ4n) is 2.32. The number of aromatic nitrogens is 2. The Kier molecular flexibility index (Phi) is 6.09. The van der Waals surface area contributed by atoms with E-state index in [-0.39, 0.29) is 6.42 Å². The second-order valence-electron chi connectivity index (χ2n) is 5.87. The molecule has 1 amide bonds. The summed E-state index contributed by atoms with van der Waals surface area (Å²) in [6.45, 7) is 1.50. The number of hydrogen-bond donors (Lipinski definition) is 1. The van der Waals surface area contributed by atoms with E-state index in [1.807, 2.05) is 18.2 Å². The van der Waals surface area contributed by atoms with E-state index in [4.69, 9.17) is 10.00 Å². The van der Waals surface area contributed by atoms with E-state index in [0.717, 1.165) is 10.6 Å². The minimum atomic E-state index is -0.959. The first kappa shape index (κ1) is 19.2. The van der Waals surface area contributed by atoms with Crippen LogP contribution in [0.2, 0.25) is 0 Å². The van der Waals surface area contributed by atoms with E-state index in [1.54, 1.807) is 42.0 Å². The lowest BCUT2D eigenvalue weighted by Crippen LogP contribution is -2.30. The highest BCUT2D eigenvalue weighted by Crippen LogP contribution is 2.23. The van der Waals surface area contributed by atoms with Crippen molar-refractivity contribution in [3.8, 4) is 16.6 Å². The number of nitrogens with zero attached hydrogens (tertiary/aromatic N) is 3. The van der Waals surface area contributed by atoms with Crippen LogP contribution in [0.25, 0.3) is 10.6 Å². The van der Waals surface area contributed by atoms with Gasteiger partial charge in [-0.3, -0.25) is 14.6 Å². The summed E-state index contributed by atoms with van der Waals surface area (Å²) in [7, 11) is 0. The van der Waals surface area contributed by atoms with Crippen molar-refractivity contribution >= 4 is 28.9 Å². The molecule has 1 aromatic carbocycles. The van der Waals surface area contributed by atoms with Crippen LogP contribution in [0.5, 0.6) is 0 Å². The van der Waals surface area contributed by atoms with Gasteiger partial charge in [0.25, 0.3) is 5.91 Å². The second kappa shape index (κ2) is 8.88. The molecule has 28 heavy (non-hydrogen) atoms. The molecule has 2 aromatic heterocycles. The fraction of sp³-hybridized carbons (Fsp3) is 0.150. The molecule has 1 atom stereocenters. The molecule has 8 heteroatoms. The molecule has 0 spiro atoms. The van der Waals surface area contributed by atoms with Crippen LogP contribution in [0.15, 0.2) is 54.2 Å². The summed E-state index contributed by atoms with van der Waals surface area (Å²) in [5.74, 6) is -0.988. The molecule has 1 N–H and O–H groups in total. The highest BCUT2D eigenvalue weighted by Gasteiger charge is 2.19. The van der Waals surface area contributed by atoms with Crippen molar-refractivity contribution in [1.29, 1.82) is 5.26 Å². The van der Waals surface area contributed by atoms with Gasteiger partial charge in [0.1, 0.15) is 5.01 Å². The zero-order valence-corrected chi connectivity index (χ0v) is 15.8. The molecule has 3 aromatic rings. The Labute approximate surface area is 165 Å². The zero-order chi connectivity index (χ0) is 19.9. The maximum absolute atomic E-state index is 12.2. The number of carbonyl (C=O) groups is 2. The van der Waals surface area contributed by atoms with Crippen LogP contribution < -0.4 is 5.32 Å². The van der Waals surface area contributed by atoms with Crippen molar-refractivity contribution in [3.63, 3.8) is 0 Å². The molecule has 0 bridgehead atoms. The number of amides is 1. The second-order valence-corrected chi connectivity index (χ2v) is 6.73. The number of esters is 1. The van der Waals surface area contributed by atoms with Gasteiger partial charge >= 0.3 is 5.97 Å². The summed E-state index contributed by atoms with van der Waals surface area (Å²) >= 11 is 1.41. The van der Waals surface area contributed by atoms with Gasteiger partial charge in [0.15, 0.2) is 6.10 Å². The molecule has 2 heterocycles. The molecule has 0 radical (unpaired) electrons. The number of carbonyl (C=O) groups excluding carboxylic acids is 2. The molecule has 3 rings (SSSR count). The van der Waals surface area contributed by atoms with Gasteiger partial charge in [0, 0.05) is 29.0 Å². The molecule has 0 aliphatic rings. The number of ether oxygens (including phenoxy) is 1. The molecule has 0 saturated carbocycles. The third-order valence-electron chi connectivity index (χ3n) is 3.74. The SMILES string of the molecule is C[C@H](OC(=O)Cc1csc(-c2cccnc2)n1)C(=O)Nc1ccc(C#N)cc1. The number of hydrogen-bond acceptors (Lipinski definition) is 7. The van der Waals surface area contributed by atoms with Crippen LogP contribution in [0, 0.1) is 11.3 Å². The van der Waals surface area contributed by atoms with Crippen molar-refractivity contribution in [2.75, 3.05) is 5.32 Å². The van der Waals surface area contributed by atoms with Gasteiger partial charge in [-0.15, -0.1) is 11.3 Å². The maximum Gasteiger partial charge on any atom is 0.312 e. The first-order chi connectivity index (χ1) is 13.5. The van der Waals surface area contributed by atoms with E-state index in [9.17, 15) is 9.59 Å². The molecular weight excluding hydrogens is 376 g/mol. The van der Waals surface area contributed by atoms with Gasteiger partial charge < -0.3 is 10.1 Å². The van der Waals surface area contributed by atoms with E-state index in [0.29, 0.717) is 16.9 Å². The Morgan fingerprint density at radius 1 is 1.29 bits per heavy atom. The van der Waals surface area contributed by atoms with Gasteiger partial charge in [0.05, 0.1) is 23.7 Å². The average Bonchev–Trinajstić information content (AvgIpc) is 3.17. The van der Waals surface area contributed by atoms with Gasteiger partial charge in [-0.05, 0) is 43.3 Å². The van der Waals surface area contributed by atoms with Gasteiger partial charge in [-0.2, -0.15) is 5.26 Å². The number of nitriles is 1. The van der Waals surface area contributed by atoms with Crippen molar-refractivity contribution in [3.05, 3.63) is 65.4 Å². The van der Waals surface area contributed by atoms with Crippen LogP contribution in [-0.2, 0) is 20.7 Å². The lowest BCUT2D eigenvalue weighted by Gasteiger charge is -2.13. The molecule has 0 unspecified atom stereocenters. The number of thiazole rings is 1. The topological polar surface area (TPSA) is 105 Å². The molecule has 0 aliphatic carbocycles. The smallest absolute Gasteiger partial charge is 0.312 e. The molecule has 0 fully saturated rings. The van der Waals surface area contributed by atoms with E-state index in [1.165, 1.54) is 18.3 Å². The Balaban J connectivity index is 1.53. The summed E-state index contributed by atoms with van der Waals surface area (Å²) in [6, 6.07) is 12.1. The van der Waals surface area contributed by atoms with Gasteiger partial charge in [-0.1, -0.05) is 0 Å². The molecule has 140 valence electrons. The first-order valence-electron chi connectivity index (χ1n) is 8.40. The Morgan fingerprint density at radius 3 is 2.75 bits per heavy atom. The van der Waals surface area contributed by atoms with Gasteiger partial charge in [-0.25, -0.2) is 4.98 Å². The van der Waals surface area contributed by atoms with Crippen LogP contribution in [0.4, 0.5) is 5.69 Å². The number of benzene rings is 1. The molecule has 7 nitrogen and oxygen atoms in total. The van der Waals surface area contributed by atoms with E-state index >= 15 is 0 Å². The summed E-state index contributed by atoms with van der Waals surface area (Å²) < 4.78 is 5.20. The quantitative estimate of drug-likeness (QED) is 0.646. The molecule has 0 saturated heterocycles. The number of nitrogens with one attached hydrogen (secondary N) is 1. The Morgan fingerprint density at radius 2 is 2.07 bits per heavy atom. The molecule has 0 aliphatic heterocycles. The van der Waals surface area contributed by atoms with E-state index in [2.05, 4.69) is 15.3 Å². The number of pyridine rings is 1. The van der Waals surface area contributed by atoms with Crippen molar-refractivity contribution in [1.82, 2.24) is 9.97 Å². The first-order valence-corrected chi connectivity index (χ1v) is 9.28. The lowest BCUT2D eigenvalue weighted by atomic mass is 10.2. The fourth-order valence-corrected chi connectivity index (χ4v) is 3.13. The standard InChI is InChI=1S/C20H16N4O3S/c1-13(19(26)23-16-6-4-14(10-21)5-7-16)27-18(25)9-17-12-28-20(24-17)15-3-2-8-22-11-15/h2-8,11-13H,9H2,1H3,(H,23,26)/t13-/m0/s1. The summed E-state index contributed by atoms with van der Waals surface area (Å²) in [5, 5.41) is 14.0. The van der Waals surface area contributed by atoms with Crippen molar-refractivity contribution in [2.45, 2.75) is 19.4 Å². The highest BCUT2D eigenvalue weighted by atomic mass is 32.1. The minimum Gasteiger partial charge on any atom is -0.452 e. The van der Waals surface area contributed by atoms with Crippen molar-refractivity contribution < 1.29 is 14.3 Å². The van der Waals surface area contributed by atoms with Crippen LogP contribution in [0.3, 0.4) is 0 Å². The van der Waals surface area contributed by atoms with Crippen LogP contribution >= 0.6 is 11.3 Å². The summed E-state index contributed by atoms with van der Waals surface area (Å²) in [6.07, 6.45) is 2.40. The third-order valence-corrected chi connectivity index (χ3v) is 4.68. The molecular formula is C20H16N4O3S. The predicted molar refractivity (Wildman–Crippen MR) is 104 cm³/mol. The predicted octanol–water partition coefficient (Wildman–Crippen LogP) is 3.19. The van der Waals surface area contributed by atoms with E-state index < -0.39 is 18.0 Å². The summed E-state index contributed by atoms with van der Waals surface area (Å²) in [5.41, 5.74) is 2.47. The monoisotopic (exact) mass is 392 g/mol. The van der Waals surface area contributed by atoms with Crippen LogP contribution in [-0.4, -0.2) is 27.9 Å². The third kappa shape index (κ3) is 4.99. The number of rotatable bonds is 6. The highest BCUT2D eigenvalue weighted by molar-refractivity contribution is 7.13.